The Balaban J connectivity index is 1.51. The van der Waals surface area contributed by atoms with Gasteiger partial charge in [0.25, 0.3) is 0 Å². The van der Waals surface area contributed by atoms with Gasteiger partial charge in [0.2, 0.25) is 5.13 Å². The quantitative estimate of drug-likeness (QED) is 0.709. The Bertz CT molecular complexity index is 971. The molecule has 0 bridgehead atoms. The minimum absolute atomic E-state index is 0.232. The van der Waals surface area contributed by atoms with E-state index in [1.165, 1.54) is 41.0 Å². The number of hydrogen-bond acceptors (Lipinski definition) is 7. The van der Waals surface area contributed by atoms with Crippen LogP contribution in [-0.4, -0.2) is 27.9 Å². The number of anilines is 1. The lowest BCUT2D eigenvalue weighted by Crippen LogP contribution is -2.48. The lowest BCUT2D eigenvalue weighted by atomic mass is 9.65. The zero-order chi connectivity index (χ0) is 18.1. The van der Waals surface area contributed by atoms with Gasteiger partial charge < -0.3 is 5.32 Å². The number of thiophene rings is 1. The second-order valence-corrected chi connectivity index (χ2v) is 8.22. The molecule has 0 aromatic carbocycles. The molecule has 132 valence electrons. The number of rotatable bonds is 5. The monoisotopic (exact) mass is 389 g/mol. The average molecular weight is 389 g/mol. The van der Waals surface area contributed by atoms with E-state index in [2.05, 4.69) is 26.6 Å². The summed E-state index contributed by atoms with van der Waals surface area (Å²) in [5.74, 6) is -0.415. The van der Waals surface area contributed by atoms with Crippen LogP contribution in [0.5, 0.6) is 0 Å². The van der Waals surface area contributed by atoms with Crippen molar-refractivity contribution in [3.8, 4) is 16.0 Å². The summed E-state index contributed by atoms with van der Waals surface area (Å²) in [7, 11) is 0. The highest BCUT2D eigenvalue weighted by molar-refractivity contribution is 7.23. The minimum Gasteiger partial charge on any atom is -0.359 e. The van der Waals surface area contributed by atoms with Crippen molar-refractivity contribution in [1.29, 1.82) is 5.26 Å². The molecular weight excluding hydrogens is 376 g/mol. The third kappa shape index (κ3) is 3.06. The van der Waals surface area contributed by atoms with Crippen LogP contribution < -0.4 is 5.32 Å². The van der Waals surface area contributed by atoms with Gasteiger partial charge in [-0.25, -0.2) is 8.78 Å². The SMILES string of the molecule is N#Cc1ccc(-c2nnc(NCC3(c4ncccc4F)CC(F)C3)s2)s1. The fourth-order valence-corrected chi connectivity index (χ4v) is 4.73. The summed E-state index contributed by atoms with van der Waals surface area (Å²) in [6.07, 6.45) is 1.04. The van der Waals surface area contributed by atoms with Gasteiger partial charge in [-0.1, -0.05) is 11.3 Å². The van der Waals surface area contributed by atoms with Gasteiger partial charge in [0, 0.05) is 18.2 Å². The first-order valence-corrected chi connectivity index (χ1v) is 9.56. The molecule has 1 fully saturated rings. The van der Waals surface area contributed by atoms with E-state index >= 15 is 0 Å². The lowest BCUT2D eigenvalue weighted by molar-refractivity contribution is 0.0965. The maximum Gasteiger partial charge on any atom is 0.206 e. The lowest BCUT2D eigenvalue weighted by Gasteiger charge is -2.43. The maximum absolute atomic E-state index is 14.2. The number of hydrogen-bond donors (Lipinski definition) is 1. The van der Waals surface area contributed by atoms with Crippen LogP contribution in [0.4, 0.5) is 13.9 Å². The van der Waals surface area contributed by atoms with Gasteiger partial charge in [-0.15, -0.1) is 21.5 Å². The highest BCUT2D eigenvalue weighted by atomic mass is 32.1. The Kier molecular flexibility index (Phi) is 4.38. The van der Waals surface area contributed by atoms with Gasteiger partial charge in [0.05, 0.1) is 10.6 Å². The van der Waals surface area contributed by atoms with E-state index in [4.69, 9.17) is 5.26 Å². The molecule has 0 atom stereocenters. The Labute approximate surface area is 156 Å². The normalized spacial score (nSPS) is 21.8. The van der Waals surface area contributed by atoms with Crippen molar-refractivity contribution < 1.29 is 8.78 Å². The predicted octanol–water partition coefficient (Wildman–Crippen LogP) is 4.15. The van der Waals surface area contributed by atoms with Crippen LogP contribution in [0.1, 0.15) is 23.4 Å². The number of halogens is 2. The number of nitrogens with zero attached hydrogens (tertiary/aromatic N) is 4. The minimum atomic E-state index is -0.946. The fourth-order valence-electron chi connectivity index (χ4n) is 3.14. The molecule has 1 aliphatic carbocycles. The van der Waals surface area contributed by atoms with Crippen LogP contribution in [0.25, 0.3) is 9.88 Å². The third-order valence-corrected chi connectivity index (χ3v) is 6.46. The van der Waals surface area contributed by atoms with Gasteiger partial charge in [-0.3, -0.25) is 4.98 Å². The van der Waals surface area contributed by atoms with E-state index in [0.717, 1.165) is 4.88 Å². The van der Waals surface area contributed by atoms with Crippen molar-refractivity contribution in [2.75, 3.05) is 11.9 Å². The topological polar surface area (TPSA) is 74.5 Å². The average Bonchev–Trinajstić information content (AvgIpc) is 3.27. The van der Waals surface area contributed by atoms with Crippen LogP contribution in [0.2, 0.25) is 0 Å². The van der Waals surface area contributed by atoms with Crippen molar-refractivity contribution in [3.63, 3.8) is 0 Å². The molecule has 0 amide bonds. The first-order valence-electron chi connectivity index (χ1n) is 7.92. The molecule has 0 spiro atoms. The van der Waals surface area contributed by atoms with E-state index in [9.17, 15) is 8.78 Å². The molecule has 0 radical (unpaired) electrons. The summed E-state index contributed by atoms with van der Waals surface area (Å²) < 4.78 is 27.7. The van der Waals surface area contributed by atoms with Crippen molar-refractivity contribution in [2.24, 2.45) is 0 Å². The van der Waals surface area contributed by atoms with E-state index in [1.807, 2.05) is 6.07 Å². The molecule has 1 saturated carbocycles. The maximum atomic E-state index is 14.2. The molecule has 5 nitrogen and oxygen atoms in total. The molecule has 3 aromatic rings. The second-order valence-electron chi connectivity index (χ2n) is 6.16. The first-order chi connectivity index (χ1) is 12.6. The molecule has 3 heterocycles. The molecule has 3 aromatic heterocycles. The largest absolute Gasteiger partial charge is 0.359 e. The number of pyridine rings is 1. The second kappa shape index (κ2) is 6.70. The zero-order valence-corrected chi connectivity index (χ0v) is 15.1. The Morgan fingerprint density at radius 1 is 1.27 bits per heavy atom. The number of aromatic nitrogens is 3. The van der Waals surface area contributed by atoms with Crippen molar-refractivity contribution in [1.82, 2.24) is 15.2 Å². The molecule has 1 N–H and O–H groups in total. The van der Waals surface area contributed by atoms with E-state index < -0.39 is 17.4 Å². The molecule has 9 heteroatoms. The molecule has 0 aliphatic heterocycles. The van der Waals surface area contributed by atoms with Crippen molar-refractivity contribution in [2.45, 2.75) is 24.4 Å². The smallest absolute Gasteiger partial charge is 0.206 e. The highest BCUT2D eigenvalue weighted by Crippen LogP contribution is 2.46. The van der Waals surface area contributed by atoms with Crippen LogP contribution in [0.3, 0.4) is 0 Å². The van der Waals surface area contributed by atoms with Crippen LogP contribution in [0.15, 0.2) is 30.5 Å². The van der Waals surface area contributed by atoms with E-state index in [0.29, 0.717) is 27.3 Å². The van der Waals surface area contributed by atoms with Gasteiger partial charge >= 0.3 is 0 Å². The Morgan fingerprint density at radius 2 is 2.12 bits per heavy atom. The molecule has 4 rings (SSSR count). The third-order valence-electron chi connectivity index (χ3n) is 4.42. The Morgan fingerprint density at radius 3 is 2.81 bits per heavy atom. The zero-order valence-electron chi connectivity index (χ0n) is 13.4. The Hall–Kier alpha value is -2.44. The standard InChI is InChI=1S/C17H13F2N5S2/c18-10-6-17(7-10,14-12(19)2-1-5-21-14)9-22-16-24-23-15(26-16)13-4-3-11(8-20)25-13/h1-5,10H,6-7,9H2,(H,22,24). The van der Waals surface area contributed by atoms with Crippen LogP contribution in [-0.2, 0) is 5.41 Å². The summed E-state index contributed by atoms with van der Waals surface area (Å²) in [6, 6.07) is 8.54. The number of nitrogens with one attached hydrogen (secondary N) is 1. The van der Waals surface area contributed by atoms with Gasteiger partial charge in [0.1, 0.15) is 22.9 Å². The van der Waals surface area contributed by atoms with E-state index in [1.54, 1.807) is 6.07 Å². The molecular formula is C17H13F2N5S2. The summed E-state index contributed by atoms with van der Waals surface area (Å²) in [6.45, 7) is 0.337. The summed E-state index contributed by atoms with van der Waals surface area (Å²) in [4.78, 5) is 5.62. The molecule has 0 saturated heterocycles. The van der Waals surface area contributed by atoms with E-state index in [-0.39, 0.29) is 12.8 Å². The molecule has 1 aliphatic rings. The van der Waals surface area contributed by atoms with Crippen LogP contribution in [0, 0.1) is 17.1 Å². The van der Waals surface area contributed by atoms with Crippen molar-refractivity contribution >= 4 is 27.8 Å². The molecule has 26 heavy (non-hydrogen) atoms. The summed E-state index contributed by atoms with van der Waals surface area (Å²) >= 11 is 2.69. The van der Waals surface area contributed by atoms with Crippen LogP contribution >= 0.6 is 22.7 Å². The summed E-state index contributed by atoms with van der Waals surface area (Å²) in [5, 5.41) is 21.6. The van der Waals surface area contributed by atoms with Crippen molar-refractivity contribution in [3.05, 3.63) is 46.9 Å². The number of alkyl halides is 1. The van der Waals surface area contributed by atoms with Gasteiger partial charge in [-0.2, -0.15) is 5.26 Å². The first kappa shape index (κ1) is 17.0. The summed E-state index contributed by atoms with van der Waals surface area (Å²) in [5.41, 5.74) is -0.379. The molecule has 0 unspecified atom stereocenters. The fraction of sp³-hybridized carbons (Fsp3) is 0.294. The van der Waals surface area contributed by atoms with Gasteiger partial charge in [0.15, 0.2) is 5.01 Å². The number of nitriles is 1. The van der Waals surface area contributed by atoms with Gasteiger partial charge in [-0.05, 0) is 37.1 Å². The predicted molar refractivity (Wildman–Crippen MR) is 96.4 cm³/mol. The highest BCUT2D eigenvalue weighted by Gasteiger charge is 2.48.